The average Bonchev–Trinajstić information content (AvgIpc) is 2.52. The quantitative estimate of drug-likeness (QED) is 0.771. The largest absolute Gasteiger partial charge is 0.486 e. The Morgan fingerprint density at radius 1 is 1.44 bits per heavy atom. The zero-order valence-corrected chi connectivity index (χ0v) is 16.0. The SMILES string of the molecule is CCCCC(C)S(=O)(=O)NC1Cc2cc(C(=O)O)ccc2OC1(C)C. The van der Waals surface area contributed by atoms with Crippen LogP contribution in [-0.2, 0) is 16.4 Å². The van der Waals surface area contributed by atoms with Crippen LogP contribution in [0.5, 0.6) is 5.75 Å². The number of sulfonamides is 1. The summed E-state index contributed by atoms with van der Waals surface area (Å²) in [5.41, 5.74) is 0.142. The van der Waals surface area contributed by atoms with Gasteiger partial charge in [-0.3, -0.25) is 0 Å². The normalized spacial score (nSPS) is 20.4. The smallest absolute Gasteiger partial charge is 0.335 e. The van der Waals surface area contributed by atoms with E-state index in [-0.39, 0.29) is 5.56 Å². The second kappa shape index (κ2) is 7.33. The van der Waals surface area contributed by atoms with E-state index in [9.17, 15) is 13.2 Å². The van der Waals surface area contributed by atoms with Crippen LogP contribution in [0.15, 0.2) is 18.2 Å². The minimum atomic E-state index is -3.48. The molecule has 1 heterocycles. The van der Waals surface area contributed by atoms with Crippen molar-refractivity contribution in [3.63, 3.8) is 0 Å². The lowest BCUT2D eigenvalue weighted by Crippen LogP contribution is -2.57. The Morgan fingerprint density at radius 2 is 2.12 bits per heavy atom. The first kappa shape index (κ1) is 19.7. The van der Waals surface area contributed by atoms with E-state index in [1.54, 1.807) is 19.1 Å². The predicted octanol–water partition coefficient (Wildman–Crippen LogP) is 2.97. The molecule has 2 atom stereocenters. The maximum atomic E-state index is 12.6. The third kappa shape index (κ3) is 4.52. The van der Waals surface area contributed by atoms with Gasteiger partial charge in [0.25, 0.3) is 0 Å². The van der Waals surface area contributed by atoms with Crippen LogP contribution in [0.2, 0.25) is 0 Å². The molecule has 2 rings (SSSR count). The van der Waals surface area contributed by atoms with Crippen LogP contribution in [-0.4, -0.2) is 36.4 Å². The first-order valence-corrected chi connectivity index (χ1v) is 10.2. The van der Waals surface area contributed by atoms with E-state index in [1.165, 1.54) is 6.07 Å². The number of hydrogen-bond acceptors (Lipinski definition) is 4. The number of carboxylic acid groups (broad SMARTS) is 1. The molecule has 0 amide bonds. The molecule has 1 aliphatic heterocycles. The molecule has 0 bridgehead atoms. The van der Waals surface area contributed by atoms with Crippen LogP contribution < -0.4 is 9.46 Å². The molecule has 2 unspecified atom stereocenters. The second-order valence-electron chi connectivity index (χ2n) is 7.21. The summed E-state index contributed by atoms with van der Waals surface area (Å²) in [6.45, 7) is 7.42. The number of benzene rings is 1. The molecule has 7 heteroatoms. The topological polar surface area (TPSA) is 92.7 Å². The van der Waals surface area contributed by atoms with Crippen molar-refractivity contribution in [1.29, 1.82) is 0 Å². The Morgan fingerprint density at radius 3 is 2.72 bits per heavy atom. The molecule has 140 valence electrons. The minimum Gasteiger partial charge on any atom is -0.486 e. The van der Waals surface area contributed by atoms with Crippen molar-refractivity contribution in [2.45, 2.75) is 70.3 Å². The first-order chi connectivity index (χ1) is 11.6. The summed E-state index contributed by atoms with van der Waals surface area (Å²) < 4.78 is 34.0. The number of unbranched alkanes of at least 4 members (excludes halogenated alkanes) is 1. The number of nitrogens with one attached hydrogen (secondary N) is 1. The van der Waals surface area contributed by atoms with Crippen molar-refractivity contribution < 1.29 is 23.1 Å². The van der Waals surface area contributed by atoms with Gasteiger partial charge in [-0.05, 0) is 57.4 Å². The van der Waals surface area contributed by atoms with Crippen LogP contribution in [0.1, 0.15) is 62.9 Å². The molecule has 0 aliphatic carbocycles. The highest BCUT2D eigenvalue weighted by Gasteiger charge is 2.40. The van der Waals surface area contributed by atoms with Crippen LogP contribution >= 0.6 is 0 Å². The van der Waals surface area contributed by atoms with Crippen molar-refractivity contribution in [1.82, 2.24) is 4.72 Å². The summed E-state index contributed by atoms with van der Waals surface area (Å²) in [6, 6.07) is 4.22. The van der Waals surface area contributed by atoms with Crippen molar-refractivity contribution >= 4 is 16.0 Å². The van der Waals surface area contributed by atoms with E-state index in [0.717, 1.165) is 12.8 Å². The summed E-state index contributed by atoms with van der Waals surface area (Å²) in [6.07, 6.45) is 2.81. The lowest BCUT2D eigenvalue weighted by atomic mass is 9.89. The van der Waals surface area contributed by atoms with Gasteiger partial charge in [0.15, 0.2) is 0 Å². The standard InChI is InChI=1S/C18H27NO5S/c1-5-6-7-12(2)25(22,23)19-16-11-14-10-13(17(20)21)8-9-15(14)24-18(16,3)4/h8-10,12,16,19H,5-7,11H2,1-4H3,(H,20,21). The minimum absolute atomic E-state index is 0.167. The Hall–Kier alpha value is -1.60. The monoisotopic (exact) mass is 369 g/mol. The Bertz CT molecular complexity index is 742. The van der Waals surface area contributed by atoms with Gasteiger partial charge in [-0.25, -0.2) is 17.9 Å². The maximum Gasteiger partial charge on any atom is 0.335 e. The maximum absolute atomic E-state index is 12.6. The van der Waals surface area contributed by atoms with Gasteiger partial charge in [0, 0.05) is 0 Å². The second-order valence-corrected chi connectivity index (χ2v) is 9.34. The summed E-state index contributed by atoms with van der Waals surface area (Å²) in [5, 5.41) is 8.67. The molecule has 0 fully saturated rings. The number of carbonyl (C=O) groups is 1. The van der Waals surface area contributed by atoms with Gasteiger partial charge in [-0.1, -0.05) is 19.8 Å². The van der Waals surface area contributed by atoms with Gasteiger partial charge in [-0.15, -0.1) is 0 Å². The summed E-state index contributed by atoms with van der Waals surface area (Å²) in [4.78, 5) is 11.2. The molecule has 25 heavy (non-hydrogen) atoms. The van der Waals surface area contributed by atoms with Crippen molar-refractivity contribution in [2.75, 3.05) is 0 Å². The third-order valence-corrected chi connectivity index (χ3v) is 6.65. The fraction of sp³-hybridized carbons (Fsp3) is 0.611. The molecule has 0 spiro atoms. The van der Waals surface area contributed by atoms with E-state index >= 15 is 0 Å². The van der Waals surface area contributed by atoms with Gasteiger partial charge >= 0.3 is 5.97 Å². The zero-order chi connectivity index (χ0) is 18.8. The van der Waals surface area contributed by atoms with Gasteiger partial charge < -0.3 is 9.84 Å². The predicted molar refractivity (Wildman–Crippen MR) is 96.6 cm³/mol. The third-order valence-electron chi connectivity index (χ3n) is 4.74. The van der Waals surface area contributed by atoms with Crippen LogP contribution in [0, 0.1) is 0 Å². The molecule has 1 aliphatic rings. The zero-order valence-electron chi connectivity index (χ0n) is 15.2. The van der Waals surface area contributed by atoms with Crippen molar-refractivity contribution in [3.05, 3.63) is 29.3 Å². The van der Waals surface area contributed by atoms with Gasteiger partial charge in [-0.2, -0.15) is 0 Å². The molecular weight excluding hydrogens is 342 g/mol. The van der Waals surface area contributed by atoms with E-state index in [1.807, 2.05) is 20.8 Å². The lowest BCUT2D eigenvalue weighted by molar-refractivity contribution is 0.0571. The fourth-order valence-electron chi connectivity index (χ4n) is 2.94. The van der Waals surface area contributed by atoms with E-state index in [4.69, 9.17) is 9.84 Å². The Labute approximate surface area is 149 Å². The highest BCUT2D eigenvalue weighted by molar-refractivity contribution is 7.90. The highest BCUT2D eigenvalue weighted by Crippen LogP contribution is 2.34. The van der Waals surface area contributed by atoms with Crippen LogP contribution in [0.25, 0.3) is 0 Å². The van der Waals surface area contributed by atoms with Gasteiger partial charge in [0.05, 0.1) is 16.9 Å². The number of rotatable bonds is 7. The first-order valence-electron chi connectivity index (χ1n) is 8.63. The fourth-order valence-corrected chi connectivity index (χ4v) is 4.41. The number of hydrogen-bond donors (Lipinski definition) is 2. The molecular formula is C18H27NO5S. The molecule has 0 saturated heterocycles. The number of carboxylic acids is 1. The molecule has 0 radical (unpaired) electrons. The van der Waals surface area contributed by atoms with Crippen LogP contribution in [0.4, 0.5) is 0 Å². The van der Waals surface area contributed by atoms with E-state index in [2.05, 4.69) is 4.72 Å². The molecule has 1 aromatic rings. The van der Waals surface area contributed by atoms with Crippen molar-refractivity contribution in [3.8, 4) is 5.75 Å². The number of aromatic carboxylic acids is 1. The molecule has 0 saturated carbocycles. The average molecular weight is 369 g/mol. The Kier molecular flexibility index (Phi) is 5.79. The Balaban J connectivity index is 2.24. The molecule has 6 nitrogen and oxygen atoms in total. The lowest BCUT2D eigenvalue weighted by Gasteiger charge is -2.40. The summed E-state index contributed by atoms with van der Waals surface area (Å²) in [7, 11) is -3.48. The summed E-state index contributed by atoms with van der Waals surface area (Å²) >= 11 is 0. The van der Waals surface area contributed by atoms with E-state index in [0.29, 0.717) is 24.2 Å². The summed E-state index contributed by atoms with van der Waals surface area (Å²) in [5.74, 6) is -0.414. The van der Waals surface area contributed by atoms with Gasteiger partial charge in [0.2, 0.25) is 10.0 Å². The van der Waals surface area contributed by atoms with E-state index < -0.39 is 32.9 Å². The molecule has 0 aromatic heterocycles. The van der Waals surface area contributed by atoms with Gasteiger partial charge in [0.1, 0.15) is 11.4 Å². The molecule has 2 N–H and O–H groups in total. The molecule has 1 aromatic carbocycles. The number of fused-ring (bicyclic) bond motifs is 1. The highest BCUT2D eigenvalue weighted by atomic mass is 32.2. The number of ether oxygens (including phenoxy) is 1. The van der Waals surface area contributed by atoms with Crippen molar-refractivity contribution in [2.24, 2.45) is 0 Å². The van der Waals surface area contributed by atoms with Crippen LogP contribution in [0.3, 0.4) is 0 Å².